The van der Waals surface area contributed by atoms with Crippen molar-refractivity contribution in [3.05, 3.63) is 65.7 Å². The van der Waals surface area contributed by atoms with Crippen molar-refractivity contribution in [1.82, 2.24) is 14.8 Å². The monoisotopic (exact) mass is 326 g/mol. The van der Waals surface area contributed by atoms with Gasteiger partial charge in [0.05, 0.1) is 0 Å². The molecule has 0 saturated heterocycles. The minimum Gasteiger partial charge on any atom is -0.380 e. The highest BCUT2D eigenvalue weighted by molar-refractivity contribution is 5.86. The number of halogens is 1. The molecule has 0 aliphatic rings. The van der Waals surface area contributed by atoms with Crippen LogP contribution in [-0.2, 0) is 13.6 Å². The molecule has 0 atom stereocenters. The molecule has 3 rings (SSSR count). The van der Waals surface area contributed by atoms with Crippen LogP contribution in [0.3, 0.4) is 0 Å². The molecule has 3 aromatic rings. The van der Waals surface area contributed by atoms with Gasteiger partial charge in [-0.25, -0.2) is 9.37 Å². The number of anilines is 3. The number of aromatic nitrogens is 3. The van der Waals surface area contributed by atoms with Gasteiger partial charge in [-0.2, -0.15) is 5.10 Å². The molecule has 7 heteroatoms. The van der Waals surface area contributed by atoms with Gasteiger partial charge in [0.25, 0.3) is 0 Å². The molecule has 0 fully saturated rings. The van der Waals surface area contributed by atoms with E-state index in [2.05, 4.69) is 20.7 Å². The Hall–Kier alpha value is -3.22. The van der Waals surface area contributed by atoms with E-state index in [9.17, 15) is 4.39 Å². The quantitative estimate of drug-likeness (QED) is 0.605. The Morgan fingerprint density at radius 1 is 1.29 bits per heavy atom. The summed E-state index contributed by atoms with van der Waals surface area (Å²) in [5.41, 5.74) is 1.88. The zero-order chi connectivity index (χ0) is 16.9. The lowest BCUT2D eigenvalue weighted by Crippen LogP contribution is -2.06. The maximum atomic E-state index is 13.7. The Morgan fingerprint density at radius 3 is 2.83 bits per heavy atom. The van der Waals surface area contributed by atoms with Crippen LogP contribution in [0.1, 0.15) is 12.6 Å². The third kappa shape index (κ3) is 3.57. The standard InChI is InChI=1S/C17H17FN6.H2/c1-24-7-6-16(23-24)22-17-8-15(13(9-19)11-21-17)20-10-12-4-2-3-5-14(12)18;/h2-9,11,19H,10H2,1H3,(H2,20,21,22,23);1H. The van der Waals surface area contributed by atoms with Gasteiger partial charge >= 0.3 is 0 Å². The molecule has 6 nitrogen and oxygen atoms in total. The second-order valence-corrected chi connectivity index (χ2v) is 5.25. The molecule has 0 radical (unpaired) electrons. The van der Waals surface area contributed by atoms with Gasteiger partial charge in [-0.1, -0.05) is 18.2 Å². The molecule has 0 unspecified atom stereocenters. The van der Waals surface area contributed by atoms with Gasteiger partial charge in [-0.15, -0.1) is 0 Å². The number of hydrogen-bond acceptors (Lipinski definition) is 5. The fourth-order valence-electron chi connectivity index (χ4n) is 2.25. The summed E-state index contributed by atoms with van der Waals surface area (Å²) in [5, 5.41) is 18.0. The first-order valence-corrected chi connectivity index (χ1v) is 7.40. The van der Waals surface area contributed by atoms with Crippen LogP contribution in [0.5, 0.6) is 0 Å². The highest BCUT2D eigenvalue weighted by Crippen LogP contribution is 2.21. The number of pyridine rings is 1. The summed E-state index contributed by atoms with van der Waals surface area (Å²) in [6.07, 6.45) is 4.62. The molecule has 3 N–H and O–H groups in total. The molecule has 0 aliphatic heterocycles. The van der Waals surface area contributed by atoms with E-state index >= 15 is 0 Å². The first-order valence-electron chi connectivity index (χ1n) is 7.40. The van der Waals surface area contributed by atoms with Crippen molar-refractivity contribution in [3.8, 4) is 0 Å². The predicted octanol–water partition coefficient (Wildman–Crippen LogP) is 3.55. The van der Waals surface area contributed by atoms with Crippen LogP contribution in [0.2, 0.25) is 0 Å². The van der Waals surface area contributed by atoms with Crippen LogP contribution in [0.4, 0.5) is 21.7 Å². The molecule has 1 aromatic carbocycles. The van der Waals surface area contributed by atoms with Gasteiger partial charge < -0.3 is 16.0 Å². The fraction of sp³-hybridized carbons (Fsp3) is 0.118. The molecule has 0 amide bonds. The Morgan fingerprint density at radius 2 is 2.12 bits per heavy atom. The van der Waals surface area contributed by atoms with Crippen molar-refractivity contribution in [2.24, 2.45) is 7.05 Å². The molecule has 124 valence electrons. The number of nitrogens with zero attached hydrogens (tertiary/aromatic N) is 3. The van der Waals surface area contributed by atoms with E-state index in [4.69, 9.17) is 5.41 Å². The smallest absolute Gasteiger partial charge is 0.153 e. The highest BCUT2D eigenvalue weighted by atomic mass is 19.1. The van der Waals surface area contributed by atoms with Crippen molar-refractivity contribution in [2.45, 2.75) is 6.54 Å². The number of rotatable bonds is 6. The molecular formula is C17H19FN6. The molecule has 24 heavy (non-hydrogen) atoms. The third-order valence-corrected chi connectivity index (χ3v) is 3.49. The number of nitrogens with one attached hydrogen (secondary N) is 3. The van der Waals surface area contributed by atoms with Crippen LogP contribution in [0.15, 0.2) is 48.8 Å². The van der Waals surface area contributed by atoms with Crippen LogP contribution >= 0.6 is 0 Å². The summed E-state index contributed by atoms with van der Waals surface area (Å²) >= 11 is 0. The molecule has 2 aromatic heterocycles. The molecule has 0 bridgehead atoms. The van der Waals surface area contributed by atoms with Crippen molar-refractivity contribution in [2.75, 3.05) is 10.6 Å². The van der Waals surface area contributed by atoms with Crippen molar-refractivity contribution in [3.63, 3.8) is 0 Å². The summed E-state index contributed by atoms with van der Waals surface area (Å²) in [6, 6.07) is 10.2. The third-order valence-electron chi connectivity index (χ3n) is 3.49. The Bertz CT molecular complexity index is 864. The average Bonchev–Trinajstić information content (AvgIpc) is 2.99. The van der Waals surface area contributed by atoms with Crippen LogP contribution in [0.25, 0.3) is 0 Å². The zero-order valence-corrected chi connectivity index (χ0v) is 13.1. The van der Waals surface area contributed by atoms with E-state index in [1.807, 2.05) is 19.3 Å². The second kappa shape index (κ2) is 6.91. The lowest BCUT2D eigenvalue weighted by molar-refractivity contribution is 0.613. The van der Waals surface area contributed by atoms with E-state index in [-0.39, 0.29) is 7.24 Å². The summed E-state index contributed by atoms with van der Waals surface area (Å²) < 4.78 is 15.4. The van der Waals surface area contributed by atoms with Crippen molar-refractivity contribution >= 4 is 23.5 Å². The van der Waals surface area contributed by atoms with Gasteiger partial charge in [0, 0.05) is 62.6 Å². The summed E-state index contributed by atoms with van der Waals surface area (Å²) in [5.74, 6) is 1.00. The van der Waals surface area contributed by atoms with Gasteiger partial charge in [0.1, 0.15) is 11.6 Å². The van der Waals surface area contributed by atoms with Crippen LogP contribution in [0, 0.1) is 11.2 Å². The number of benzene rings is 1. The summed E-state index contributed by atoms with van der Waals surface area (Å²) in [6.45, 7) is 0.320. The van der Waals surface area contributed by atoms with Crippen molar-refractivity contribution in [1.29, 1.82) is 5.41 Å². The fourth-order valence-corrected chi connectivity index (χ4v) is 2.25. The van der Waals surface area contributed by atoms with Gasteiger partial charge in [-0.3, -0.25) is 4.68 Å². The maximum absolute atomic E-state index is 13.7. The lowest BCUT2D eigenvalue weighted by atomic mass is 10.2. The molecule has 0 spiro atoms. The van der Waals surface area contributed by atoms with Gasteiger partial charge in [-0.05, 0) is 6.07 Å². The Kier molecular flexibility index (Phi) is 4.51. The first-order chi connectivity index (χ1) is 11.7. The average molecular weight is 326 g/mol. The van der Waals surface area contributed by atoms with Gasteiger partial charge in [0.2, 0.25) is 0 Å². The first kappa shape index (κ1) is 15.7. The summed E-state index contributed by atoms with van der Waals surface area (Å²) in [4.78, 5) is 4.26. The normalized spacial score (nSPS) is 10.4. The zero-order valence-electron chi connectivity index (χ0n) is 13.1. The molecular weight excluding hydrogens is 307 g/mol. The molecule has 0 aliphatic carbocycles. The summed E-state index contributed by atoms with van der Waals surface area (Å²) in [7, 11) is 1.83. The van der Waals surface area contributed by atoms with E-state index < -0.39 is 0 Å². The maximum Gasteiger partial charge on any atom is 0.153 e. The van der Waals surface area contributed by atoms with E-state index in [0.29, 0.717) is 35.0 Å². The van der Waals surface area contributed by atoms with Crippen LogP contribution < -0.4 is 10.6 Å². The largest absolute Gasteiger partial charge is 0.380 e. The minimum absolute atomic E-state index is 0. The van der Waals surface area contributed by atoms with E-state index in [1.54, 1.807) is 35.1 Å². The molecule has 0 saturated carbocycles. The molecule has 2 heterocycles. The Labute approximate surface area is 140 Å². The Balaban J connectivity index is 0.00000225. The SMILES string of the molecule is Cn1ccc(Nc2cc(NCc3ccccc3F)c(C=N)cn2)n1.[HH]. The highest BCUT2D eigenvalue weighted by Gasteiger charge is 2.07. The van der Waals surface area contributed by atoms with Crippen molar-refractivity contribution < 1.29 is 5.82 Å². The van der Waals surface area contributed by atoms with Crippen LogP contribution in [-0.4, -0.2) is 21.0 Å². The lowest BCUT2D eigenvalue weighted by Gasteiger charge is -2.12. The second-order valence-electron chi connectivity index (χ2n) is 5.25. The van der Waals surface area contributed by atoms with Gasteiger partial charge in [0.15, 0.2) is 5.82 Å². The topological polar surface area (TPSA) is 78.6 Å². The minimum atomic E-state index is -0.262. The van der Waals surface area contributed by atoms with E-state index in [1.165, 1.54) is 12.3 Å². The predicted molar refractivity (Wildman–Crippen MR) is 94.5 cm³/mol. The number of aryl methyl sites for hydroxylation is 1. The van der Waals surface area contributed by atoms with E-state index in [0.717, 1.165) is 0 Å². The number of hydrogen-bond donors (Lipinski definition) is 3.